The van der Waals surface area contributed by atoms with E-state index in [-0.39, 0.29) is 5.91 Å². The van der Waals surface area contributed by atoms with E-state index in [0.29, 0.717) is 17.4 Å². The van der Waals surface area contributed by atoms with E-state index >= 15 is 0 Å². The summed E-state index contributed by atoms with van der Waals surface area (Å²) in [5.41, 5.74) is 5.58. The summed E-state index contributed by atoms with van der Waals surface area (Å²) < 4.78 is 2.91. The van der Waals surface area contributed by atoms with Crippen molar-refractivity contribution in [3.63, 3.8) is 0 Å². The van der Waals surface area contributed by atoms with Crippen LogP contribution in [-0.4, -0.2) is 25.7 Å². The van der Waals surface area contributed by atoms with Gasteiger partial charge in [-0.3, -0.25) is 19.4 Å². The van der Waals surface area contributed by atoms with Crippen LogP contribution >= 0.6 is 11.3 Å². The topological polar surface area (TPSA) is 63.9 Å². The van der Waals surface area contributed by atoms with Crippen molar-refractivity contribution in [2.45, 2.75) is 40.8 Å². The van der Waals surface area contributed by atoms with Crippen molar-refractivity contribution in [2.24, 2.45) is 0 Å². The lowest BCUT2D eigenvalue weighted by molar-refractivity contribution is 0.0979. The Morgan fingerprint density at radius 1 is 1.21 bits per heavy atom. The number of aromatic nitrogens is 4. The van der Waals surface area contributed by atoms with E-state index in [4.69, 9.17) is 4.98 Å². The van der Waals surface area contributed by atoms with Gasteiger partial charge in [0.15, 0.2) is 10.8 Å². The molecule has 0 saturated heterocycles. The van der Waals surface area contributed by atoms with Gasteiger partial charge in [0.2, 0.25) is 0 Å². The fraction of sp³-hybridized carbons (Fsp3) is 0.273. The van der Waals surface area contributed by atoms with E-state index in [1.54, 1.807) is 17.3 Å². The monoisotopic (exact) mass is 405 g/mol. The number of hydrogen-bond donors (Lipinski definition) is 0. The summed E-state index contributed by atoms with van der Waals surface area (Å²) in [6, 6.07) is 9.91. The number of benzene rings is 1. The first kappa shape index (κ1) is 19.3. The van der Waals surface area contributed by atoms with E-state index in [2.05, 4.69) is 36.1 Å². The zero-order valence-corrected chi connectivity index (χ0v) is 17.8. The van der Waals surface area contributed by atoms with Gasteiger partial charge in [0, 0.05) is 24.6 Å². The molecule has 1 amide bonds. The average Bonchev–Trinajstić information content (AvgIpc) is 3.29. The zero-order chi connectivity index (χ0) is 20.5. The zero-order valence-electron chi connectivity index (χ0n) is 17.0. The molecule has 0 bridgehead atoms. The Balaban J connectivity index is 1.79. The van der Waals surface area contributed by atoms with Gasteiger partial charge in [0.05, 0.1) is 16.8 Å². The second-order valence-electron chi connectivity index (χ2n) is 7.16. The molecule has 148 valence electrons. The van der Waals surface area contributed by atoms with Crippen LogP contribution in [0.2, 0.25) is 0 Å². The molecule has 0 radical (unpaired) electrons. The summed E-state index contributed by atoms with van der Waals surface area (Å²) in [5.74, 6) is -0.155. The molecule has 0 atom stereocenters. The first-order chi connectivity index (χ1) is 14.0. The van der Waals surface area contributed by atoms with Crippen LogP contribution in [0.5, 0.6) is 0 Å². The molecule has 0 unspecified atom stereocenters. The van der Waals surface area contributed by atoms with Gasteiger partial charge in [-0.2, -0.15) is 5.10 Å². The second-order valence-corrected chi connectivity index (χ2v) is 8.17. The SMILES string of the molecule is CCn1nc(C(=O)N(Cc2cccnc2)c2nc3c(C)cc(C)cc3s2)cc1C. The Morgan fingerprint density at radius 2 is 2.03 bits per heavy atom. The summed E-state index contributed by atoms with van der Waals surface area (Å²) in [6.07, 6.45) is 3.50. The highest BCUT2D eigenvalue weighted by molar-refractivity contribution is 7.22. The second kappa shape index (κ2) is 7.75. The predicted molar refractivity (Wildman–Crippen MR) is 116 cm³/mol. The van der Waals surface area contributed by atoms with Crippen LogP contribution in [0, 0.1) is 20.8 Å². The maximum absolute atomic E-state index is 13.5. The summed E-state index contributed by atoms with van der Waals surface area (Å²) in [4.78, 5) is 24.2. The van der Waals surface area contributed by atoms with Crippen LogP contribution in [0.1, 0.15) is 39.8 Å². The molecule has 3 aromatic heterocycles. The van der Waals surface area contributed by atoms with E-state index < -0.39 is 0 Å². The van der Waals surface area contributed by atoms with E-state index in [1.807, 2.05) is 36.7 Å². The fourth-order valence-corrected chi connectivity index (χ4v) is 4.59. The molecule has 0 aliphatic heterocycles. The molecule has 0 spiro atoms. The molecule has 0 fully saturated rings. The lowest BCUT2D eigenvalue weighted by Gasteiger charge is -2.18. The van der Waals surface area contributed by atoms with Crippen LogP contribution in [0.3, 0.4) is 0 Å². The van der Waals surface area contributed by atoms with Gasteiger partial charge in [-0.1, -0.05) is 23.5 Å². The lowest BCUT2D eigenvalue weighted by atomic mass is 10.1. The molecule has 7 heteroatoms. The van der Waals surface area contributed by atoms with Gasteiger partial charge >= 0.3 is 0 Å². The quantitative estimate of drug-likeness (QED) is 0.484. The van der Waals surface area contributed by atoms with E-state index in [9.17, 15) is 4.79 Å². The van der Waals surface area contributed by atoms with Crippen molar-refractivity contribution in [1.82, 2.24) is 19.7 Å². The molecule has 0 aliphatic rings. The highest BCUT2D eigenvalue weighted by atomic mass is 32.1. The number of pyridine rings is 1. The standard InChI is InChI=1S/C22H23N5OS/c1-5-27-16(4)11-18(25-27)21(28)26(13-17-7-6-8-23-12-17)22-24-20-15(3)9-14(2)10-19(20)29-22/h6-12H,5,13H2,1-4H3. The van der Waals surface area contributed by atoms with E-state index in [0.717, 1.165) is 33.6 Å². The molecule has 4 rings (SSSR count). The molecule has 29 heavy (non-hydrogen) atoms. The number of nitrogens with zero attached hydrogens (tertiary/aromatic N) is 5. The third-order valence-electron chi connectivity index (χ3n) is 4.86. The van der Waals surface area contributed by atoms with Crippen molar-refractivity contribution < 1.29 is 4.79 Å². The molecule has 0 N–H and O–H groups in total. The van der Waals surface area contributed by atoms with Crippen LogP contribution in [-0.2, 0) is 13.1 Å². The van der Waals surface area contributed by atoms with Crippen molar-refractivity contribution in [3.05, 3.63) is 70.8 Å². The van der Waals surface area contributed by atoms with Gasteiger partial charge in [-0.15, -0.1) is 0 Å². The number of anilines is 1. The van der Waals surface area contributed by atoms with Gasteiger partial charge in [0.1, 0.15) is 0 Å². The number of rotatable bonds is 5. The minimum atomic E-state index is -0.155. The Morgan fingerprint density at radius 3 is 2.72 bits per heavy atom. The predicted octanol–water partition coefficient (Wildman–Crippen LogP) is 4.68. The van der Waals surface area contributed by atoms with Crippen LogP contribution < -0.4 is 4.90 Å². The van der Waals surface area contributed by atoms with Crippen molar-refractivity contribution >= 4 is 32.6 Å². The summed E-state index contributed by atoms with van der Waals surface area (Å²) in [6.45, 7) is 9.22. The molecular formula is C22H23N5OS. The number of amides is 1. The first-order valence-electron chi connectivity index (χ1n) is 9.59. The number of thiazole rings is 1. The smallest absolute Gasteiger partial charge is 0.278 e. The van der Waals surface area contributed by atoms with Crippen molar-refractivity contribution in [1.29, 1.82) is 0 Å². The Bertz CT molecular complexity index is 1180. The van der Waals surface area contributed by atoms with Gasteiger partial charge < -0.3 is 0 Å². The maximum Gasteiger partial charge on any atom is 0.280 e. The van der Waals surface area contributed by atoms with E-state index in [1.165, 1.54) is 16.9 Å². The number of hydrogen-bond acceptors (Lipinski definition) is 5. The summed E-state index contributed by atoms with van der Waals surface area (Å²) >= 11 is 1.53. The number of aryl methyl sites for hydroxylation is 4. The Hall–Kier alpha value is -3.06. The molecule has 0 aliphatic carbocycles. The molecular weight excluding hydrogens is 382 g/mol. The normalized spacial score (nSPS) is 11.2. The summed E-state index contributed by atoms with van der Waals surface area (Å²) in [5, 5.41) is 5.16. The van der Waals surface area contributed by atoms with Crippen LogP contribution in [0.15, 0.2) is 42.7 Å². The minimum Gasteiger partial charge on any atom is -0.278 e. The fourth-order valence-electron chi connectivity index (χ4n) is 3.45. The Kier molecular flexibility index (Phi) is 5.15. The third-order valence-corrected chi connectivity index (χ3v) is 5.88. The molecule has 6 nitrogen and oxygen atoms in total. The van der Waals surface area contributed by atoms with Crippen molar-refractivity contribution in [3.8, 4) is 0 Å². The highest BCUT2D eigenvalue weighted by Crippen LogP contribution is 2.33. The molecule has 3 heterocycles. The lowest BCUT2D eigenvalue weighted by Crippen LogP contribution is -2.30. The highest BCUT2D eigenvalue weighted by Gasteiger charge is 2.25. The number of carbonyl (C=O) groups excluding carboxylic acids is 1. The largest absolute Gasteiger partial charge is 0.280 e. The molecule has 1 aromatic carbocycles. The number of carbonyl (C=O) groups is 1. The van der Waals surface area contributed by atoms with Crippen LogP contribution in [0.25, 0.3) is 10.2 Å². The molecule has 4 aromatic rings. The minimum absolute atomic E-state index is 0.155. The van der Waals surface area contributed by atoms with Crippen LogP contribution in [0.4, 0.5) is 5.13 Å². The first-order valence-corrected chi connectivity index (χ1v) is 10.4. The van der Waals surface area contributed by atoms with Gasteiger partial charge in [0.25, 0.3) is 5.91 Å². The number of fused-ring (bicyclic) bond motifs is 1. The van der Waals surface area contributed by atoms with Gasteiger partial charge in [-0.25, -0.2) is 4.98 Å². The average molecular weight is 406 g/mol. The van der Waals surface area contributed by atoms with Gasteiger partial charge in [-0.05, 0) is 62.6 Å². The maximum atomic E-state index is 13.5. The van der Waals surface area contributed by atoms with Crippen molar-refractivity contribution in [2.75, 3.05) is 4.90 Å². The third kappa shape index (κ3) is 3.78. The Labute approximate surface area is 173 Å². The summed E-state index contributed by atoms with van der Waals surface area (Å²) in [7, 11) is 0. The molecule has 0 saturated carbocycles.